The maximum atomic E-state index is 12.5. The van der Waals surface area contributed by atoms with Gasteiger partial charge in [0.2, 0.25) is 5.95 Å². The van der Waals surface area contributed by atoms with E-state index in [0.717, 1.165) is 35.6 Å². The van der Waals surface area contributed by atoms with Gasteiger partial charge in [0.15, 0.2) is 0 Å². The summed E-state index contributed by atoms with van der Waals surface area (Å²) in [7, 11) is 0. The van der Waals surface area contributed by atoms with Crippen molar-refractivity contribution in [2.75, 3.05) is 28.6 Å². The fraction of sp³-hybridized carbons (Fsp3) is 0.261. The van der Waals surface area contributed by atoms with Gasteiger partial charge in [-0.3, -0.25) is 4.79 Å². The lowest BCUT2D eigenvalue weighted by atomic mass is 10.1. The Kier molecular flexibility index (Phi) is 5.42. The van der Waals surface area contributed by atoms with Gasteiger partial charge in [-0.15, -0.1) is 0 Å². The monoisotopic (exact) mass is 387 g/mol. The molecule has 6 nitrogen and oxygen atoms in total. The van der Waals surface area contributed by atoms with Gasteiger partial charge in [0.1, 0.15) is 0 Å². The van der Waals surface area contributed by atoms with Crippen molar-refractivity contribution in [1.82, 2.24) is 9.97 Å². The fourth-order valence-corrected chi connectivity index (χ4v) is 3.43. The molecule has 0 aliphatic carbocycles. The van der Waals surface area contributed by atoms with Gasteiger partial charge >= 0.3 is 0 Å². The van der Waals surface area contributed by atoms with Gasteiger partial charge in [-0.25, -0.2) is 9.97 Å². The predicted molar refractivity (Wildman–Crippen MR) is 117 cm³/mol. The van der Waals surface area contributed by atoms with Gasteiger partial charge in [-0.2, -0.15) is 0 Å². The van der Waals surface area contributed by atoms with Crippen LogP contribution in [0.1, 0.15) is 34.3 Å². The summed E-state index contributed by atoms with van der Waals surface area (Å²) in [6.07, 6.45) is 5.59. The number of aryl methyl sites for hydroxylation is 2. The third-order valence-electron chi connectivity index (χ3n) is 5.15. The number of amides is 1. The van der Waals surface area contributed by atoms with Crippen LogP contribution < -0.4 is 15.5 Å². The molecule has 6 heteroatoms. The second-order valence-electron chi connectivity index (χ2n) is 7.43. The third-order valence-corrected chi connectivity index (χ3v) is 5.15. The van der Waals surface area contributed by atoms with Crippen LogP contribution in [-0.2, 0) is 0 Å². The van der Waals surface area contributed by atoms with Crippen LogP contribution in [0.5, 0.6) is 0 Å². The van der Waals surface area contributed by atoms with Gasteiger partial charge in [0, 0.05) is 42.5 Å². The second kappa shape index (κ2) is 8.31. The average Bonchev–Trinajstić information content (AvgIpc) is 3.27. The van der Waals surface area contributed by atoms with E-state index in [1.54, 1.807) is 0 Å². The molecule has 2 heterocycles. The van der Waals surface area contributed by atoms with Crippen molar-refractivity contribution in [1.29, 1.82) is 0 Å². The largest absolute Gasteiger partial charge is 0.372 e. The summed E-state index contributed by atoms with van der Waals surface area (Å²) in [5, 5.41) is 6.11. The molecule has 0 saturated carbocycles. The van der Waals surface area contributed by atoms with E-state index < -0.39 is 0 Å². The predicted octanol–water partition coefficient (Wildman–Crippen LogP) is 4.69. The molecular formula is C23H25N5O. The first-order valence-electron chi connectivity index (χ1n) is 9.91. The standard InChI is InChI=1S/C23H25N5O/c1-16-5-6-17(2)21(13-16)27-22(29)18-14-24-23(25-15-18)26-19-7-9-20(10-8-19)28-11-3-4-12-28/h5-10,13-15H,3-4,11-12H2,1-2H3,(H,27,29)(H,24,25,26). The molecule has 1 aliphatic rings. The van der Waals surface area contributed by atoms with Crippen LogP contribution in [0.25, 0.3) is 0 Å². The smallest absolute Gasteiger partial charge is 0.258 e. The molecule has 148 valence electrons. The molecule has 29 heavy (non-hydrogen) atoms. The van der Waals surface area contributed by atoms with Crippen molar-refractivity contribution in [2.45, 2.75) is 26.7 Å². The highest BCUT2D eigenvalue weighted by atomic mass is 16.1. The van der Waals surface area contributed by atoms with E-state index in [9.17, 15) is 4.79 Å². The highest BCUT2D eigenvalue weighted by Gasteiger charge is 2.12. The molecule has 0 atom stereocenters. The summed E-state index contributed by atoms with van der Waals surface area (Å²) < 4.78 is 0. The van der Waals surface area contributed by atoms with E-state index in [2.05, 4.69) is 37.6 Å². The van der Waals surface area contributed by atoms with Crippen LogP contribution in [0.15, 0.2) is 54.9 Å². The summed E-state index contributed by atoms with van der Waals surface area (Å²) >= 11 is 0. The Morgan fingerprint density at radius 1 is 0.966 bits per heavy atom. The van der Waals surface area contributed by atoms with E-state index in [1.165, 1.54) is 30.9 Å². The molecule has 2 N–H and O–H groups in total. The Bertz CT molecular complexity index is 993. The first-order chi connectivity index (χ1) is 14.1. The van der Waals surface area contributed by atoms with E-state index >= 15 is 0 Å². The number of nitrogens with one attached hydrogen (secondary N) is 2. The molecule has 3 aromatic rings. The lowest BCUT2D eigenvalue weighted by Crippen LogP contribution is -2.17. The van der Waals surface area contributed by atoms with E-state index in [4.69, 9.17) is 0 Å². The number of aromatic nitrogens is 2. The minimum Gasteiger partial charge on any atom is -0.372 e. The molecule has 0 radical (unpaired) electrons. The molecule has 1 amide bonds. The number of hydrogen-bond donors (Lipinski definition) is 2. The van der Waals surface area contributed by atoms with Gasteiger partial charge in [-0.05, 0) is 68.1 Å². The SMILES string of the molecule is Cc1ccc(C)c(NC(=O)c2cnc(Nc3ccc(N4CCCC4)cc3)nc2)c1. The highest BCUT2D eigenvalue weighted by molar-refractivity contribution is 6.04. The van der Waals surface area contributed by atoms with Crippen molar-refractivity contribution < 1.29 is 4.79 Å². The fourth-order valence-electron chi connectivity index (χ4n) is 3.43. The Morgan fingerprint density at radius 2 is 1.66 bits per heavy atom. The van der Waals surface area contributed by atoms with Crippen molar-refractivity contribution in [3.05, 3.63) is 71.5 Å². The zero-order valence-electron chi connectivity index (χ0n) is 16.8. The lowest BCUT2D eigenvalue weighted by Gasteiger charge is -2.17. The zero-order chi connectivity index (χ0) is 20.2. The van der Waals surface area contributed by atoms with E-state index in [-0.39, 0.29) is 5.91 Å². The number of carbonyl (C=O) groups is 1. The summed E-state index contributed by atoms with van der Waals surface area (Å²) in [4.78, 5) is 23.5. The second-order valence-corrected chi connectivity index (χ2v) is 7.43. The molecule has 0 bridgehead atoms. The highest BCUT2D eigenvalue weighted by Crippen LogP contribution is 2.23. The summed E-state index contributed by atoms with van der Waals surface area (Å²) in [5.74, 6) is 0.238. The number of carbonyl (C=O) groups excluding carboxylic acids is 1. The lowest BCUT2D eigenvalue weighted by molar-refractivity contribution is 0.102. The molecule has 0 spiro atoms. The Balaban J connectivity index is 1.39. The van der Waals surface area contributed by atoms with Gasteiger partial charge < -0.3 is 15.5 Å². The van der Waals surface area contributed by atoms with Crippen LogP contribution in [0.4, 0.5) is 23.0 Å². The van der Waals surface area contributed by atoms with E-state index in [1.807, 2.05) is 44.2 Å². The molecule has 1 aromatic heterocycles. The minimum atomic E-state index is -0.222. The molecule has 1 aliphatic heterocycles. The van der Waals surface area contributed by atoms with Crippen LogP contribution >= 0.6 is 0 Å². The number of rotatable bonds is 5. The number of anilines is 4. The zero-order valence-corrected chi connectivity index (χ0v) is 16.8. The first-order valence-corrected chi connectivity index (χ1v) is 9.91. The Morgan fingerprint density at radius 3 is 2.34 bits per heavy atom. The molecule has 1 fully saturated rings. The van der Waals surface area contributed by atoms with Crippen LogP contribution in [-0.4, -0.2) is 29.0 Å². The number of nitrogens with zero attached hydrogens (tertiary/aromatic N) is 3. The topological polar surface area (TPSA) is 70.2 Å². The maximum absolute atomic E-state index is 12.5. The van der Waals surface area contributed by atoms with Crippen molar-refractivity contribution in [3.63, 3.8) is 0 Å². The van der Waals surface area contributed by atoms with Gasteiger partial charge in [-0.1, -0.05) is 12.1 Å². The molecule has 4 rings (SSSR count). The van der Waals surface area contributed by atoms with Crippen molar-refractivity contribution in [3.8, 4) is 0 Å². The van der Waals surface area contributed by atoms with Crippen LogP contribution in [0.2, 0.25) is 0 Å². The molecule has 2 aromatic carbocycles. The van der Waals surface area contributed by atoms with Gasteiger partial charge in [0.25, 0.3) is 5.91 Å². The molecule has 1 saturated heterocycles. The van der Waals surface area contributed by atoms with Crippen LogP contribution in [0.3, 0.4) is 0 Å². The maximum Gasteiger partial charge on any atom is 0.258 e. The normalized spacial score (nSPS) is 13.4. The van der Waals surface area contributed by atoms with E-state index in [0.29, 0.717) is 11.5 Å². The summed E-state index contributed by atoms with van der Waals surface area (Å²) in [6, 6.07) is 14.2. The third kappa shape index (κ3) is 4.54. The average molecular weight is 387 g/mol. The van der Waals surface area contributed by atoms with Crippen molar-refractivity contribution in [2.24, 2.45) is 0 Å². The molecule has 0 unspecified atom stereocenters. The summed E-state index contributed by atoms with van der Waals surface area (Å²) in [6.45, 7) is 6.22. The number of benzene rings is 2. The Hall–Kier alpha value is -3.41. The Labute approximate surface area is 171 Å². The van der Waals surface area contributed by atoms with Gasteiger partial charge in [0.05, 0.1) is 5.56 Å². The first kappa shape index (κ1) is 18.9. The quantitative estimate of drug-likeness (QED) is 0.665. The number of hydrogen-bond acceptors (Lipinski definition) is 5. The van der Waals surface area contributed by atoms with Crippen LogP contribution in [0, 0.1) is 13.8 Å². The minimum absolute atomic E-state index is 0.222. The van der Waals surface area contributed by atoms with Crippen molar-refractivity contribution >= 4 is 28.9 Å². The summed E-state index contributed by atoms with van der Waals surface area (Å²) in [5.41, 5.74) is 5.49. The molecular weight excluding hydrogens is 362 g/mol.